The Morgan fingerprint density at radius 3 is 2.72 bits per heavy atom. The maximum absolute atomic E-state index is 9.30. The van der Waals surface area contributed by atoms with E-state index in [0.29, 0.717) is 6.54 Å². The Morgan fingerprint density at radius 1 is 1.20 bits per heavy atom. The van der Waals surface area contributed by atoms with Crippen LogP contribution in [-0.2, 0) is 24.1 Å². The van der Waals surface area contributed by atoms with Crippen LogP contribution in [0, 0.1) is 0 Å². The third kappa shape index (κ3) is 3.50. The molecule has 0 amide bonds. The molecule has 1 unspecified atom stereocenters. The Bertz CT molecular complexity index is 756. The Hall–Kier alpha value is -1.69. The van der Waals surface area contributed by atoms with E-state index < -0.39 is 0 Å². The average Bonchev–Trinajstić information content (AvgIpc) is 3.11. The standard InChI is InChI=1S/C20H27N3O2/c1-14(13-24)21-12-18-10-17-9-15-3-2-4-16(15)11-19(17)22-20(18)23-5-7-25-8-6-23/h9-11,14,21,24H,2-8,12-13H2,1H3. The minimum atomic E-state index is 0.0771. The summed E-state index contributed by atoms with van der Waals surface area (Å²) in [6.45, 7) is 6.12. The number of rotatable bonds is 5. The largest absolute Gasteiger partial charge is 0.395 e. The monoisotopic (exact) mass is 341 g/mol. The molecule has 0 spiro atoms. The van der Waals surface area contributed by atoms with Gasteiger partial charge < -0.3 is 20.1 Å². The number of benzene rings is 1. The van der Waals surface area contributed by atoms with Gasteiger partial charge in [-0.3, -0.25) is 0 Å². The molecule has 4 rings (SSSR count). The number of nitrogens with zero attached hydrogens (tertiary/aromatic N) is 2. The number of aliphatic hydroxyl groups is 1. The maximum atomic E-state index is 9.30. The lowest BCUT2D eigenvalue weighted by atomic mass is 10.0. The van der Waals surface area contributed by atoms with Crippen LogP contribution in [0.1, 0.15) is 30.0 Å². The molecule has 0 saturated carbocycles. The Labute approximate surface area is 149 Å². The van der Waals surface area contributed by atoms with Crippen LogP contribution in [0.2, 0.25) is 0 Å². The van der Waals surface area contributed by atoms with Crippen molar-refractivity contribution in [2.45, 2.75) is 38.8 Å². The van der Waals surface area contributed by atoms with Gasteiger partial charge in [0.25, 0.3) is 0 Å². The first kappa shape index (κ1) is 16.8. The number of aryl methyl sites for hydroxylation is 2. The number of fused-ring (bicyclic) bond motifs is 2. The number of ether oxygens (including phenoxy) is 1. The number of hydrogen-bond acceptors (Lipinski definition) is 5. The van der Waals surface area contributed by atoms with E-state index in [2.05, 4.69) is 28.4 Å². The van der Waals surface area contributed by atoms with E-state index >= 15 is 0 Å². The van der Waals surface area contributed by atoms with Gasteiger partial charge in [0, 0.05) is 36.6 Å². The molecule has 0 bridgehead atoms. The number of aromatic nitrogens is 1. The lowest BCUT2D eigenvalue weighted by Gasteiger charge is -2.30. The fraction of sp³-hybridized carbons (Fsp3) is 0.550. The molecule has 1 aliphatic carbocycles. The number of anilines is 1. The van der Waals surface area contributed by atoms with Crippen molar-refractivity contribution in [2.75, 3.05) is 37.8 Å². The molecule has 134 valence electrons. The summed E-state index contributed by atoms with van der Waals surface area (Å²) < 4.78 is 5.51. The van der Waals surface area contributed by atoms with Gasteiger partial charge >= 0.3 is 0 Å². The highest BCUT2D eigenvalue weighted by Gasteiger charge is 2.19. The van der Waals surface area contributed by atoms with Gasteiger partial charge in [-0.2, -0.15) is 0 Å². The second-order valence-corrected chi connectivity index (χ2v) is 7.20. The van der Waals surface area contributed by atoms with E-state index in [1.165, 1.54) is 41.3 Å². The molecule has 25 heavy (non-hydrogen) atoms. The first-order valence-electron chi connectivity index (χ1n) is 9.37. The normalized spacial score (nSPS) is 18.6. The summed E-state index contributed by atoms with van der Waals surface area (Å²) in [5.41, 5.74) is 5.25. The number of hydrogen-bond donors (Lipinski definition) is 2. The maximum Gasteiger partial charge on any atom is 0.133 e. The molecule has 0 radical (unpaired) electrons. The quantitative estimate of drug-likeness (QED) is 0.871. The zero-order valence-corrected chi connectivity index (χ0v) is 14.9. The highest BCUT2D eigenvalue weighted by atomic mass is 16.5. The minimum absolute atomic E-state index is 0.0771. The Balaban J connectivity index is 1.73. The third-order valence-electron chi connectivity index (χ3n) is 5.31. The van der Waals surface area contributed by atoms with E-state index in [-0.39, 0.29) is 12.6 Å². The molecular weight excluding hydrogens is 314 g/mol. The summed E-state index contributed by atoms with van der Waals surface area (Å²) in [7, 11) is 0. The molecule has 2 N–H and O–H groups in total. The summed E-state index contributed by atoms with van der Waals surface area (Å²) >= 11 is 0. The van der Waals surface area contributed by atoms with E-state index in [1.807, 2.05) is 6.92 Å². The number of aliphatic hydroxyl groups excluding tert-OH is 1. The van der Waals surface area contributed by atoms with Gasteiger partial charge in [0.1, 0.15) is 5.82 Å². The van der Waals surface area contributed by atoms with E-state index in [0.717, 1.165) is 37.6 Å². The smallest absolute Gasteiger partial charge is 0.133 e. The molecule has 1 atom stereocenters. The highest BCUT2D eigenvalue weighted by molar-refractivity contribution is 5.84. The van der Waals surface area contributed by atoms with Gasteiger partial charge in [-0.15, -0.1) is 0 Å². The summed E-state index contributed by atoms with van der Waals surface area (Å²) in [6.07, 6.45) is 3.62. The number of nitrogens with one attached hydrogen (secondary N) is 1. The molecule has 1 aliphatic heterocycles. The zero-order chi connectivity index (χ0) is 17.2. The van der Waals surface area contributed by atoms with Crippen LogP contribution in [0.4, 0.5) is 5.82 Å². The summed E-state index contributed by atoms with van der Waals surface area (Å²) in [4.78, 5) is 7.38. The van der Waals surface area contributed by atoms with Crippen molar-refractivity contribution >= 4 is 16.7 Å². The van der Waals surface area contributed by atoms with Gasteiger partial charge in [-0.1, -0.05) is 0 Å². The molecule has 5 heteroatoms. The molecule has 2 aromatic rings. The van der Waals surface area contributed by atoms with E-state index in [9.17, 15) is 5.11 Å². The SMILES string of the molecule is CC(CO)NCc1cc2cc3c(cc2nc1N1CCOCC1)CCC3. The van der Waals surface area contributed by atoms with Crippen molar-refractivity contribution < 1.29 is 9.84 Å². The van der Waals surface area contributed by atoms with Crippen LogP contribution in [0.15, 0.2) is 18.2 Å². The lowest BCUT2D eigenvalue weighted by Crippen LogP contribution is -2.38. The summed E-state index contributed by atoms with van der Waals surface area (Å²) in [5, 5.41) is 13.9. The van der Waals surface area contributed by atoms with Gasteiger partial charge in [-0.25, -0.2) is 4.98 Å². The minimum Gasteiger partial charge on any atom is -0.395 e. The zero-order valence-electron chi connectivity index (χ0n) is 14.9. The molecule has 1 fully saturated rings. The van der Waals surface area contributed by atoms with Crippen LogP contribution in [0.5, 0.6) is 0 Å². The van der Waals surface area contributed by atoms with Crippen LogP contribution >= 0.6 is 0 Å². The molecule has 1 aromatic carbocycles. The van der Waals surface area contributed by atoms with Gasteiger partial charge in [-0.05, 0) is 55.5 Å². The van der Waals surface area contributed by atoms with Crippen molar-refractivity contribution in [2.24, 2.45) is 0 Å². The number of morpholine rings is 1. The number of pyridine rings is 1. The van der Waals surface area contributed by atoms with Crippen LogP contribution < -0.4 is 10.2 Å². The van der Waals surface area contributed by atoms with Crippen molar-refractivity contribution in [3.8, 4) is 0 Å². The molecule has 5 nitrogen and oxygen atoms in total. The first-order valence-corrected chi connectivity index (χ1v) is 9.37. The first-order chi connectivity index (χ1) is 12.2. The Kier molecular flexibility index (Phi) is 4.88. The topological polar surface area (TPSA) is 57.6 Å². The van der Waals surface area contributed by atoms with Crippen LogP contribution in [0.25, 0.3) is 10.9 Å². The summed E-state index contributed by atoms with van der Waals surface area (Å²) in [5.74, 6) is 1.06. The van der Waals surface area contributed by atoms with Gasteiger partial charge in [0.2, 0.25) is 0 Å². The molecule has 1 saturated heterocycles. The van der Waals surface area contributed by atoms with Crippen LogP contribution in [0.3, 0.4) is 0 Å². The van der Waals surface area contributed by atoms with Gasteiger partial charge in [0.15, 0.2) is 0 Å². The molecule has 1 aromatic heterocycles. The predicted molar refractivity (Wildman–Crippen MR) is 100 cm³/mol. The van der Waals surface area contributed by atoms with Crippen molar-refractivity contribution in [3.63, 3.8) is 0 Å². The molecule has 2 aliphatic rings. The van der Waals surface area contributed by atoms with Gasteiger partial charge in [0.05, 0.1) is 25.3 Å². The van der Waals surface area contributed by atoms with Crippen molar-refractivity contribution in [1.82, 2.24) is 10.3 Å². The second kappa shape index (κ2) is 7.28. The fourth-order valence-corrected chi connectivity index (χ4v) is 3.81. The predicted octanol–water partition coefficient (Wildman–Crippen LogP) is 2.03. The highest BCUT2D eigenvalue weighted by Crippen LogP contribution is 2.30. The fourth-order valence-electron chi connectivity index (χ4n) is 3.81. The third-order valence-corrected chi connectivity index (χ3v) is 5.31. The average molecular weight is 341 g/mol. The van der Waals surface area contributed by atoms with E-state index in [1.54, 1.807) is 0 Å². The Morgan fingerprint density at radius 2 is 1.96 bits per heavy atom. The molecule has 2 heterocycles. The molecular formula is C20H27N3O2. The lowest BCUT2D eigenvalue weighted by molar-refractivity contribution is 0.122. The summed E-state index contributed by atoms with van der Waals surface area (Å²) in [6, 6.07) is 6.97. The van der Waals surface area contributed by atoms with Crippen molar-refractivity contribution in [1.29, 1.82) is 0 Å². The van der Waals surface area contributed by atoms with Crippen LogP contribution in [-0.4, -0.2) is 49.0 Å². The second-order valence-electron chi connectivity index (χ2n) is 7.20. The van der Waals surface area contributed by atoms with Crippen molar-refractivity contribution in [3.05, 3.63) is 34.9 Å². The van der Waals surface area contributed by atoms with E-state index in [4.69, 9.17) is 9.72 Å².